The monoisotopic (exact) mass is 341 g/mol. The summed E-state index contributed by atoms with van der Waals surface area (Å²) in [5.41, 5.74) is 1.45. The summed E-state index contributed by atoms with van der Waals surface area (Å²) < 4.78 is 42.8. The largest absolute Gasteiger partial charge is 0.470 e. The molecule has 0 saturated carbocycles. The molecule has 0 radical (unpaired) electrons. The zero-order valence-electron chi connectivity index (χ0n) is 13.0. The third-order valence-corrected chi connectivity index (χ3v) is 4.27. The van der Waals surface area contributed by atoms with Crippen LogP contribution in [-0.4, -0.2) is 37.7 Å². The van der Waals surface area contributed by atoms with E-state index in [1.54, 1.807) is 31.3 Å². The highest BCUT2D eigenvalue weighted by Gasteiger charge is 2.23. The summed E-state index contributed by atoms with van der Waals surface area (Å²) >= 11 is 0. The topological polar surface area (TPSA) is 65.0 Å². The fourth-order valence-corrected chi connectivity index (χ4v) is 2.76. The number of halogens is 2. The fraction of sp³-hybridized carbons (Fsp3) is 0.400. The summed E-state index contributed by atoms with van der Waals surface area (Å²) in [6.45, 7) is 3.49. The van der Waals surface area contributed by atoms with Crippen molar-refractivity contribution in [1.82, 2.24) is 15.2 Å². The van der Waals surface area contributed by atoms with Crippen molar-refractivity contribution in [3.63, 3.8) is 0 Å². The third kappa shape index (κ3) is 4.51. The standard InChI is InChI=1S/C15H17F2N3O2S/c1-4-23(21)12-6-5-7-18-13(12)11-8-10(2)14(20-19-11)22-9-15(3,16)17/h5-8H,4,9H2,1-3H3. The van der Waals surface area contributed by atoms with Gasteiger partial charge in [0.1, 0.15) is 11.4 Å². The van der Waals surface area contributed by atoms with E-state index >= 15 is 0 Å². The number of aromatic nitrogens is 3. The molecule has 0 aliphatic heterocycles. The number of aryl methyl sites for hydroxylation is 1. The Kier molecular flexibility index (Phi) is 5.35. The molecule has 2 aromatic rings. The van der Waals surface area contributed by atoms with Crippen LogP contribution in [0.25, 0.3) is 11.4 Å². The van der Waals surface area contributed by atoms with Crippen LogP contribution in [0.1, 0.15) is 19.4 Å². The summed E-state index contributed by atoms with van der Waals surface area (Å²) in [6, 6.07) is 5.06. The summed E-state index contributed by atoms with van der Waals surface area (Å²) in [6.07, 6.45) is 1.57. The van der Waals surface area contributed by atoms with Gasteiger partial charge in [-0.25, -0.2) is 8.78 Å². The molecule has 124 valence electrons. The van der Waals surface area contributed by atoms with E-state index < -0.39 is 23.3 Å². The average Bonchev–Trinajstić information content (AvgIpc) is 2.52. The van der Waals surface area contributed by atoms with Gasteiger partial charge in [0.15, 0.2) is 6.61 Å². The average molecular weight is 341 g/mol. The van der Waals surface area contributed by atoms with Crippen LogP contribution >= 0.6 is 0 Å². The van der Waals surface area contributed by atoms with E-state index in [0.717, 1.165) is 6.92 Å². The van der Waals surface area contributed by atoms with Crippen LogP contribution in [-0.2, 0) is 10.8 Å². The van der Waals surface area contributed by atoms with E-state index in [-0.39, 0.29) is 5.88 Å². The molecular weight excluding hydrogens is 324 g/mol. The Hall–Kier alpha value is -1.96. The Morgan fingerprint density at radius 3 is 2.70 bits per heavy atom. The van der Waals surface area contributed by atoms with Crippen molar-refractivity contribution in [2.75, 3.05) is 12.4 Å². The molecule has 5 nitrogen and oxygen atoms in total. The molecule has 2 aromatic heterocycles. The minimum absolute atomic E-state index is 0.0457. The zero-order valence-corrected chi connectivity index (χ0v) is 13.9. The highest BCUT2D eigenvalue weighted by atomic mass is 32.2. The zero-order chi connectivity index (χ0) is 17.0. The maximum atomic E-state index is 12.8. The van der Waals surface area contributed by atoms with Gasteiger partial charge in [-0.1, -0.05) is 6.92 Å². The first-order valence-corrected chi connectivity index (χ1v) is 8.32. The van der Waals surface area contributed by atoms with Gasteiger partial charge in [-0.15, -0.1) is 10.2 Å². The van der Waals surface area contributed by atoms with Crippen LogP contribution in [0, 0.1) is 6.92 Å². The summed E-state index contributed by atoms with van der Waals surface area (Å²) in [4.78, 5) is 4.78. The van der Waals surface area contributed by atoms with Gasteiger partial charge in [0.25, 0.3) is 5.92 Å². The molecule has 2 rings (SSSR count). The van der Waals surface area contributed by atoms with Crippen LogP contribution in [0.15, 0.2) is 29.3 Å². The molecule has 0 amide bonds. The quantitative estimate of drug-likeness (QED) is 0.808. The number of rotatable bonds is 6. The summed E-state index contributed by atoms with van der Waals surface area (Å²) in [5, 5.41) is 7.81. The van der Waals surface area contributed by atoms with Crippen molar-refractivity contribution < 1.29 is 17.7 Å². The molecule has 0 N–H and O–H groups in total. The molecule has 1 atom stereocenters. The van der Waals surface area contributed by atoms with E-state index in [2.05, 4.69) is 15.2 Å². The molecule has 0 aromatic carbocycles. The van der Waals surface area contributed by atoms with E-state index in [1.807, 2.05) is 6.92 Å². The lowest BCUT2D eigenvalue weighted by atomic mass is 10.2. The summed E-state index contributed by atoms with van der Waals surface area (Å²) in [5.74, 6) is -2.44. The fourth-order valence-electron chi connectivity index (χ4n) is 1.85. The van der Waals surface area contributed by atoms with Crippen LogP contribution < -0.4 is 4.74 Å². The predicted molar refractivity (Wildman–Crippen MR) is 83.1 cm³/mol. The molecule has 0 fully saturated rings. The Balaban J connectivity index is 2.33. The summed E-state index contributed by atoms with van der Waals surface area (Å²) in [7, 11) is -1.19. The van der Waals surface area contributed by atoms with Gasteiger partial charge in [0.2, 0.25) is 5.88 Å². The number of nitrogens with zero attached hydrogens (tertiary/aromatic N) is 3. The van der Waals surface area contributed by atoms with Gasteiger partial charge < -0.3 is 4.74 Å². The molecule has 8 heteroatoms. The molecule has 23 heavy (non-hydrogen) atoms. The normalized spacial score (nSPS) is 12.9. The SMILES string of the molecule is CCS(=O)c1cccnc1-c1cc(C)c(OCC(C)(F)F)nn1. The number of alkyl halides is 2. The highest BCUT2D eigenvalue weighted by molar-refractivity contribution is 7.85. The first kappa shape index (κ1) is 17.4. The second-order valence-electron chi connectivity index (χ2n) is 5.06. The molecule has 0 aliphatic rings. The van der Waals surface area contributed by atoms with Gasteiger partial charge >= 0.3 is 0 Å². The van der Waals surface area contributed by atoms with Crippen LogP contribution in [0.4, 0.5) is 8.78 Å². The van der Waals surface area contributed by atoms with E-state index in [0.29, 0.717) is 27.6 Å². The minimum atomic E-state index is -2.95. The number of ether oxygens (including phenoxy) is 1. The lowest BCUT2D eigenvalue weighted by Gasteiger charge is -2.13. The van der Waals surface area contributed by atoms with Crippen LogP contribution in [0.2, 0.25) is 0 Å². The van der Waals surface area contributed by atoms with E-state index in [1.165, 1.54) is 0 Å². The molecule has 1 unspecified atom stereocenters. The van der Waals surface area contributed by atoms with Gasteiger partial charge in [-0.2, -0.15) is 0 Å². The van der Waals surface area contributed by atoms with Gasteiger partial charge in [0.05, 0.1) is 15.7 Å². The number of hydrogen-bond acceptors (Lipinski definition) is 5. The van der Waals surface area contributed by atoms with Gasteiger partial charge in [0, 0.05) is 24.4 Å². The van der Waals surface area contributed by atoms with E-state index in [9.17, 15) is 13.0 Å². The lowest BCUT2D eigenvalue weighted by Crippen LogP contribution is -2.21. The molecule has 0 spiro atoms. The lowest BCUT2D eigenvalue weighted by molar-refractivity contribution is -0.0246. The van der Waals surface area contributed by atoms with Gasteiger partial charge in [-0.05, 0) is 25.1 Å². The van der Waals surface area contributed by atoms with Crippen molar-refractivity contribution in [3.8, 4) is 17.3 Å². The predicted octanol–water partition coefficient (Wildman–Crippen LogP) is 3.01. The molecule has 0 saturated heterocycles. The van der Waals surface area contributed by atoms with E-state index in [4.69, 9.17) is 4.74 Å². The van der Waals surface area contributed by atoms with Crippen molar-refractivity contribution >= 4 is 10.8 Å². The maximum absolute atomic E-state index is 12.8. The van der Waals surface area contributed by atoms with Crippen molar-refractivity contribution in [2.24, 2.45) is 0 Å². The molecule has 0 bridgehead atoms. The van der Waals surface area contributed by atoms with Crippen molar-refractivity contribution in [2.45, 2.75) is 31.6 Å². The molecule has 0 aliphatic carbocycles. The smallest absolute Gasteiger partial charge is 0.278 e. The Bertz CT molecular complexity index is 720. The first-order chi connectivity index (χ1) is 10.8. The maximum Gasteiger partial charge on any atom is 0.278 e. The second kappa shape index (κ2) is 7.08. The van der Waals surface area contributed by atoms with Crippen LogP contribution in [0.5, 0.6) is 5.88 Å². The first-order valence-electron chi connectivity index (χ1n) is 7.00. The molecular formula is C15H17F2N3O2S. The Labute approximate surface area is 135 Å². The van der Waals surface area contributed by atoms with Crippen molar-refractivity contribution in [1.29, 1.82) is 0 Å². The Morgan fingerprint density at radius 2 is 2.09 bits per heavy atom. The Morgan fingerprint density at radius 1 is 1.35 bits per heavy atom. The number of pyridine rings is 1. The highest BCUT2D eigenvalue weighted by Crippen LogP contribution is 2.25. The van der Waals surface area contributed by atoms with Crippen molar-refractivity contribution in [3.05, 3.63) is 30.0 Å². The third-order valence-electron chi connectivity index (χ3n) is 2.92. The minimum Gasteiger partial charge on any atom is -0.470 e. The number of hydrogen-bond donors (Lipinski definition) is 0. The van der Waals surface area contributed by atoms with Crippen LogP contribution in [0.3, 0.4) is 0 Å². The molecule has 2 heterocycles. The van der Waals surface area contributed by atoms with Gasteiger partial charge in [-0.3, -0.25) is 9.19 Å². The second-order valence-corrected chi connectivity index (χ2v) is 6.77.